The number of imidazole rings is 1. The first-order valence-electron chi connectivity index (χ1n) is 8.36. The number of carbonyl (C=O) groups is 1. The number of aromatic nitrogens is 2. The molecule has 3 rings (SSSR count). The van der Waals surface area contributed by atoms with Crippen molar-refractivity contribution in [1.29, 1.82) is 0 Å². The van der Waals surface area contributed by atoms with Gasteiger partial charge in [-0.1, -0.05) is 29.8 Å². The minimum absolute atomic E-state index is 0.110. The molecule has 6 heteroatoms. The second-order valence-electron chi connectivity index (χ2n) is 5.82. The van der Waals surface area contributed by atoms with Crippen molar-refractivity contribution in [2.45, 2.75) is 13.5 Å². The molecule has 0 aliphatic rings. The quantitative estimate of drug-likeness (QED) is 0.615. The van der Waals surface area contributed by atoms with Gasteiger partial charge in [-0.3, -0.25) is 9.20 Å². The number of carbonyl (C=O) groups excluding carboxylic acids is 1. The van der Waals surface area contributed by atoms with Gasteiger partial charge in [-0.15, -0.1) is 0 Å². The van der Waals surface area contributed by atoms with Crippen LogP contribution in [0.1, 0.15) is 18.2 Å². The normalized spacial score (nSPS) is 11.2. The van der Waals surface area contributed by atoms with E-state index in [1.807, 2.05) is 60.0 Å². The van der Waals surface area contributed by atoms with Crippen LogP contribution in [0.2, 0.25) is 5.15 Å². The van der Waals surface area contributed by atoms with E-state index in [4.69, 9.17) is 16.3 Å². The van der Waals surface area contributed by atoms with Crippen LogP contribution in [-0.2, 0) is 11.3 Å². The Morgan fingerprint density at radius 1 is 1.27 bits per heavy atom. The van der Waals surface area contributed by atoms with Crippen molar-refractivity contribution in [3.05, 3.63) is 71.1 Å². The maximum atomic E-state index is 12.4. The van der Waals surface area contributed by atoms with Crippen molar-refractivity contribution in [2.24, 2.45) is 0 Å². The number of hydrogen-bond donors (Lipinski definition) is 0. The number of halogens is 1. The van der Waals surface area contributed by atoms with Crippen molar-refractivity contribution in [3.8, 4) is 5.75 Å². The highest BCUT2D eigenvalue weighted by atomic mass is 35.5. The molecule has 0 fully saturated rings. The fourth-order valence-electron chi connectivity index (χ4n) is 2.62. The number of fused-ring (bicyclic) bond motifs is 1. The lowest BCUT2D eigenvalue weighted by Gasteiger charge is -2.15. The first-order valence-corrected chi connectivity index (χ1v) is 8.73. The largest absolute Gasteiger partial charge is 0.494 e. The van der Waals surface area contributed by atoms with E-state index in [9.17, 15) is 4.79 Å². The number of benzene rings is 1. The number of amides is 1. The van der Waals surface area contributed by atoms with Crippen LogP contribution in [0.15, 0.2) is 54.7 Å². The van der Waals surface area contributed by atoms with Gasteiger partial charge in [-0.25, -0.2) is 4.98 Å². The molecule has 5 nitrogen and oxygen atoms in total. The maximum Gasteiger partial charge on any atom is 0.246 e. The minimum Gasteiger partial charge on any atom is -0.494 e. The molecule has 0 saturated heterocycles. The Kier molecular flexibility index (Phi) is 5.58. The predicted molar refractivity (Wildman–Crippen MR) is 103 cm³/mol. The average Bonchev–Trinajstić information content (AvgIpc) is 2.96. The lowest BCUT2D eigenvalue weighted by molar-refractivity contribution is -0.125. The molecular formula is C20H20ClN3O2. The van der Waals surface area contributed by atoms with Gasteiger partial charge in [0.15, 0.2) is 5.15 Å². The fraction of sp³-hybridized carbons (Fsp3) is 0.200. The van der Waals surface area contributed by atoms with E-state index in [0.29, 0.717) is 24.0 Å². The summed E-state index contributed by atoms with van der Waals surface area (Å²) in [7, 11) is 1.76. The molecule has 0 atom stereocenters. The lowest BCUT2D eigenvalue weighted by Crippen LogP contribution is -2.24. The summed E-state index contributed by atoms with van der Waals surface area (Å²) in [5, 5.41) is 0.370. The molecule has 0 radical (unpaired) electrons. The minimum atomic E-state index is -0.110. The summed E-state index contributed by atoms with van der Waals surface area (Å²) in [4.78, 5) is 18.3. The molecule has 0 aliphatic heterocycles. The van der Waals surface area contributed by atoms with Crippen molar-refractivity contribution in [3.63, 3.8) is 0 Å². The first kappa shape index (κ1) is 18.0. The summed E-state index contributed by atoms with van der Waals surface area (Å²) < 4.78 is 7.27. The van der Waals surface area contributed by atoms with Gasteiger partial charge in [0, 0.05) is 25.9 Å². The Labute approximate surface area is 157 Å². The van der Waals surface area contributed by atoms with Gasteiger partial charge in [0.05, 0.1) is 12.3 Å². The molecular weight excluding hydrogens is 350 g/mol. The van der Waals surface area contributed by atoms with E-state index < -0.39 is 0 Å². The molecule has 1 aromatic carbocycles. The van der Waals surface area contributed by atoms with Crippen LogP contribution < -0.4 is 4.74 Å². The molecule has 0 aliphatic carbocycles. The molecule has 0 spiro atoms. The van der Waals surface area contributed by atoms with Gasteiger partial charge in [-0.05, 0) is 42.8 Å². The van der Waals surface area contributed by atoms with Crippen LogP contribution in [-0.4, -0.2) is 33.8 Å². The van der Waals surface area contributed by atoms with Crippen molar-refractivity contribution in [1.82, 2.24) is 14.3 Å². The summed E-state index contributed by atoms with van der Waals surface area (Å²) >= 11 is 6.18. The molecule has 134 valence electrons. The van der Waals surface area contributed by atoms with Crippen LogP contribution in [0.5, 0.6) is 5.75 Å². The molecule has 1 amide bonds. The van der Waals surface area contributed by atoms with E-state index in [1.165, 1.54) is 6.08 Å². The Morgan fingerprint density at radius 3 is 2.77 bits per heavy atom. The van der Waals surface area contributed by atoms with Crippen LogP contribution in [0.25, 0.3) is 11.7 Å². The number of likely N-dealkylation sites (N-methyl/N-ethyl adjacent to an activating group) is 1. The van der Waals surface area contributed by atoms with Gasteiger partial charge < -0.3 is 9.64 Å². The smallest absolute Gasteiger partial charge is 0.246 e. The summed E-state index contributed by atoms with van der Waals surface area (Å²) in [5.41, 5.74) is 2.46. The van der Waals surface area contributed by atoms with Gasteiger partial charge in [-0.2, -0.15) is 0 Å². The van der Waals surface area contributed by atoms with Crippen molar-refractivity contribution < 1.29 is 9.53 Å². The zero-order chi connectivity index (χ0) is 18.5. The summed E-state index contributed by atoms with van der Waals surface area (Å²) in [6, 6.07) is 13.4. The van der Waals surface area contributed by atoms with E-state index in [2.05, 4.69) is 4.98 Å². The topological polar surface area (TPSA) is 46.8 Å². The number of rotatable bonds is 6. The third kappa shape index (κ3) is 4.06. The summed E-state index contributed by atoms with van der Waals surface area (Å²) in [5.74, 6) is 0.716. The van der Waals surface area contributed by atoms with Gasteiger partial charge in [0.25, 0.3) is 0 Å². The van der Waals surface area contributed by atoms with Gasteiger partial charge >= 0.3 is 0 Å². The highest BCUT2D eigenvalue weighted by Crippen LogP contribution is 2.19. The standard InChI is InChI=1S/C20H20ClN3O2/c1-3-26-16-9-7-15(8-10-16)14-23(2)19(25)12-11-17-20(21)22-18-6-4-5-13-24(17)18/h4-13H,3,14H2,1-2H3/b12-11+. The molecule has 2 aromatic heterocycles. The molecule has 26 heavy (non-hydrogen) atoms. The highest BCUT2D eigenvalue weighted by molar-refractivity contribution is 6.31. The third-order valence-corrected chi connectivity index (χ3v) is 4.21. The fourth-order valence-corrected chi connectivity index (χ4v) is 2.86. The Balaban J connectivity index is 1.68. The molecule has 0 saturated carbocycles. The Morgan fingerprint density at radius 2 is 2.04 bits per heavy atom. The molecule has 0 bridgehead atoms. The van der Waals surface area contributed by atoms with Crippen LogP contribution in [0.3, 0.4) is 0 Å². The maximum absolute atomic E-state index is 12.4. The molecule has 0 unspecified atom stereocenters. The number of hydrogen-bond acceptors (Lipinski definition) is 3. The van der Waals surface area contributed by atoms with Crippen molar-refractivity contribution >= 4 is 29.2 Å². The first-order chi connectivity index (χ1) is 12.6. The van der Waals surface area contributed by atoms with Crippen LogP contribution in [0, 0.1) is 0 Å². The van der Waals surface area contributed by atoms with Crippen molar-refractivity contribution in [2.75, 3.05) is 13.7 Å². The number of nitrogens with zero attached hydrogens (tertiary/aromatic N) is 3. The van der Waals surface area contributed by atoms with Gasteiger partial charge in [0.1, 0.15) is 11.4 Å². The average molecular weight is 370 g/mol. The molecule has 3 aromatic rings. The second-order valence-corrected chi connectivity index (χ2v) is 6.18. The van der Waals surface area contributed by atoms with E-state index >= 15 is 0 Å². The zero-order valence-corrected chi connectivity index (χ0v) is 15.5. The number of pyridine rings is 1. The van der Waals surface area contributed by atoms with Crippen LogP contribution >= 0.6 is 11.6 Å². The van der Waals surface area contributed by atoms with Crippen LogP contribution in [0.4, 0.5) is 0 Å². The lowest BCUT2D eigenvalue weighted by atomic mass is 10.2. The summed E-state index contributed by atoms with van der Waals surface area (Å²) in [6.07, 6.45) is 5.07. The van der Waals surface area contributed by atoms with E-state index in [-0.39, 0.29) is 5.91 Å². The highest BCUT2D eigenvalue weighted by Gasteiger charge is 2.09. The Bertz CT molecular complexity index is 932. The summed E-state index contributed by atoms with van der Waals surface area (Å²) in [6.45, 7) is 3.09. The SMILES string of the molecule is CCOc1ccc(CN(C)C(=O)/C=C/c2c(Cl)nc3ccccn23)cc1. The zero-order valence-electron chi connectivity index (χ0n) is 14.7. The third-order valence-electron chi connectivity index (χ3n) is 3.94. The van der Waals surface area contributed by atoms with E-state index in [1.54, 1.807) is 18.0 Å². The van der Waals surface area contributed by atoms with Gasteiger partial charge in [0.2, 0.25) is 5.91 Å². The molecule has 2 heterocycles. The predicted octanol–water partition coefficient (Wildman–Crippen LogP) is 4.06. The second kappa shape index (κ2) is 8.06. The monoisotopic (exact) mass is 369 g/mol. The van der Waals surface area contributed by atoms with E-state index in [0.717, 1.165) is 17.0 Å². The molecule has 0 N–H and O–H groups in total. The Hall–Kier alpha value is -2.79. The number of ether oxygens (including phenoxy) is 1.